The molecule has 1 heteroatoms. The number of hydrogen-bond acceptors (Lipinski definition) is 1. The SMILES string of the molecule is CCCCCC1CCC(C2CCC3(CC2)CC2(CCC(C4CCC(CC)CC4)CC2)C3=O)CC1. The fraction of sp³-hybridized carbons (Fsp3) is 0.970. The second-order valence-corrected chi connectivity index (χ2v) is 14.2. The van der Waals surface area contributed by atoms with E-state index in [4.69, 9.17) is 0 Å². The molecule has 0 N–H and O–H groups in total. The maximum Gasteiger partial charge on any atom is 0.145 e. The minimum absolute atomic E-state index is 0.139. The number of carbonyl (C=O) groups excluding carboxylic acids is 1. The highest BCUT2D eigenvalue weighted by Crippen LogP contribution is 2.65. The Morgan fingerprint density at radius 2 is 1.03 bits per heavy atom. The van der Waals surface area contributed by atoms with Crippen LogP contribution < -0.4 is 0 Å². The number of ketones is 1. The van der Waals surface area contributed by atoms with Gasteiger partial charge in [-0.05, 0) is 119 Å². The molecular weight excluding hydrogens is 412 g/mol. The quantitative estimate of drug-likeness (QED) is 0.340. The van der Waals surface area contributed by atoms with Crippen molar-refractivity contribution in [3.05, 3.63) is 0 Å². The summed E-state index contributed by atoms with van der Waals surface area (Å²) in [4.78, 5) is 13.7. The van der Waals surface area contributed by atoms with Gasteiger partial charge in [0.15, 0.2) is 0 Å². The molecule has 0 bridgehead atoms. The molecule has 0 aromatic heterocycles. The van der Waals surface area contributed by atoms with Crippen molar-refractivity contribution in [2.75, 3.05) is 0 Å². The van der Waals surface area contributed by atoms with Crippen LogP contribution in [0.15, 0.2) is 0 Å². The topological polar surface area (TPSA) is 17.1 Å². The number of Topliss-reactive ketones (excluding diaryl/α,β-unsaturated/α-hetero) is 1. The van der Waals surface area contributed by atoms with E-state index in [9.17, 15) is 4.79 Å². The molecule has 0 aliphatic heterocycles. The van der Waals surface area contributed by atoms with Crippen LogP contribution in [0.3, 0.4) is 0 Å². The fourth-order valence-electron chi connectivity index (χ4n) is 10.1. The third-order valence-electron chi connectivity index (χ3n) is 12.5. The Bertz CT molecular complexity index is 646. The third kappa shape index (κ3) is 5.07. The van der Waals surface area contributed by atoms with Gasteiger partial charge in [-0.1, -0.05) is 71.6 Å². The minimum Gasteiger partial charge on any atom is -0.298 e. The van der Waals surface area contributed by atoms with Crippen LogP contribution in [0.25, 0.3) is 0 Å². The van der Waals surface area contributed by atoms with Crippen LogP contribution in [0, 0.1) is 46.3 Å². The predicted molar refractivity (Wildman–Crippen MR) is 144 cm³/mol. The van der Waals surface area contributed by atoms with Crippen LogP contribution in [0.5, 0.6) is 0 Å². The highest BCUT2D eigenvalue weighted by molar-refractivity contribution is 5.96. The van der Waals surface area contributed by atoms with Crippen molar-refractivity contribution in [2.45, 2.75) is 155 Å². The molecule has 0 atom stereocenters. The van der Waals surface area contributed by atoms with Gasteiger partial charge >= 0.3 is 0 Å². The molecule has 5 aliphatic carbocycles. The average Bonchev–Trinajstić information content (AvgIpc) is 2.90. The highest BCUT2D eigenvalue weighted by Gasteiger charge is 2.63. The van der Waals surface area contributed by atoms with Crippen LogP contribution in [0.2, 0.25) is 0 Å². The van der Waals surface area contributed by atoms with E-state index >= 15 is 0 Å². The van der Waals surface area contributed by atoms with Crippen LogP contribution in [0.1, 0.15) is 155 Å². The lowest BCUT2D eigenvalue weighted by Crippen LogP contribution is -2.60. The van der Waals surface area contributed by atoms with Crippen molar-refractivity contribution in [3.63, 3.8) is 0 Å². The number of hydrogen-bond donors (Lipinski definition) is 0. The van der Waals surface area contributed by atoms with Gasteiger partial charge in [-0.15, -0.1) is 0 Å². The molecule has 0 aromatic carbocycles. The van der Waals surface area contributed by atoms with Gasteiger partial charge in [0.05, 0.1) is 0 Å². The first kappa shape index (κ1) is 25.3. The standard InChI is InChI=1S/C33H56O/c1-3-5-6-7-26-10-14-28(15-11-26)30-18-22-33(23-19-30)24-32(31(33)34)20-16-29(17-21-32)27-12-8-25(4-2)9-13-27/h25-30H,3-24H2,1-2H3. The Hall–Kier alpha value is -0.330. The van der Waals surface area contributed by atoms with E-state index in [2.05, 4.69) is 13.8 Å². The van der Waals surface area contributed by atoms with Crippen LogP contribution in [-0.4, -0.2) is 5.78 Å². The van der Waals surface area contributed by atoms with E-state index in [0.29, 0.717) is 0 Å². The van der Waals surface area contributed by atoms with E-state index in [0.717, 1.165) is 41.3 Å². The Labute approximate surface area is 212 Å². The molecule has 0 radical (unpaired) electrons. The summed E-state index contributed by atoms with van der Waals surface area (Å²) in [5, 5.41) is 0. The van der Waals surface area contributed by atoms with Gasteiger partial charge in [-0.25, -0.2) is 0 Å². The van der Waals surface area contributed by atoms with E-state index in [1.807, 2.05) is 0 Å². The number of rotatable bonds is 7. The van der Waals surface area contributed by atoms with E-state index in [1.54, 1.807) is 0 Å². The molecule has 0 amide bonds. The van der Waals surface area contributed by atoms with Crippen molar-refractivity contribution in [1.82, 2.24) is 0 Å². The fourth-order valence-corrected chi connectivity index (χ4v) is 10.1. The van der Waals surface area contributed by atoms with Crippen molar-refractivity contribution in [3.8, 4) is 0 Å². The smallest absolute Gasteiger partial charge is 0.145 e. The van der Waals surface area contributed by atoms with E-state index in [1.165, 1.54) is 141 Å². The lowest BCUT2D eigenvalue weighted by atomic mass is 9.42. The molecule has 0 saturated heterocycles. The number of unbranched alkanes of at least 4 members (excludes halogenated alkanes) is 2. The van der Waals surface area contributed by atoms with Gasteiger partial charge in [0.1, 0.15) is 5.78 Å². The average molecular weight is 469 g/mol. The summed E-state index contributed by atoms with van der Waals surface area (Å²) in [7, 11) is 0. The molecule has 0 unspecified atom stereocenters. The van der Waals surface area contributed by atoms with Crippen LogP contribution in [0.4, 0.5) is 0 Å². The molecule has 0 heterocycles. The Morgan fingerprint density at radius 3 is 1.44 bits per heavy atom. The van der Waals surface area contributed by atoms with Gasteiger partial charge in [0, 0.05) is 10.8 Å². The van der Waals surface area contributed by atoms with Crippen molar-refractivity contribution >= 4 is 5.78 Å². The van der Waals surface area contributed by atoms with Gasteiger partial charge in [0.2, 0.25) is 0 Å². The Kier molecular flexibility index (Phi) is 8.17. The summed E-state index contributed by atoms with van der Waals surface area (Å²) in [6.07, 6.45) is 30.8. The summed E-state index contributed by atoms with van der Waals surface area (Å²) in [5.41, 5.74) is 0.278. The second kappa shape index (κ2) is 11.0. The van der Waals surface area contributed by atoms with Crippen molar-refractivity contribution in [2.24, 2.45) is 46.3 Å². The number of carbonyl (C=O) groups is 1. The first-order valence-electron chi connectivity index (χ1n) is 16.1. The molecule has 5 rings (SSSR count). The van der Waals surface area contributed by atoms with Gasteiger partial charge in [0.25, 0.3) is 0 Å². The highest BCUT2D eigenvalue weighted by atomic mass is 16.1. The third-order valence-corrected chi connectivity index (χ3v) is 12.5. The molecule has 5 fully saturated rings. The van der Waals surface area contributed by atoms with Crippen LogP contribution in [-0.2, 0) is 4.79 Å². The zero-order chi connectivity index (χ0) is 23.6. The van der Waals surface area contributed by atoms with Crippen LogP contribution >= 0.6 is 0 Å². The molecule has 194 valence electrons. The lowest BCUT2D eigenvalue weighted by Gasteiger charge is -2.60. The zero-order valence-electron chi connectivity index (χ0n) is 22.9. The van der Waals surface area contributed by atoms with Crippen molar-refractivity contribution < 1.29 is 4.79 Å². The van der Waals surface area contributed by atoms with E-state index in [-0.39, 0.29) is 10.8 Å². The molecule has 1 nitrogen and oxygen atoms in total. The maximum atomic E-state index is 13.7. The zero-order valence-corrected chi connectivity index (χ0v) is 22.9. The molecule has 5 saturated carbocycles. The Balaban J connectivity index is 1.04. The summed E-state index contributed by atoms with van der Waals surface area (Å²) in [6.45, 7) is 4.70. The predicted octanol–water partition coefficient (Wildman–Crippen LogP) is 9.92. The van der Waals surface area contributed by atoms with Crippen molar-refractivity contribution in [1.29, 1.82) is 0 Å². The summed E-state index contributed by atoms with van der Waals surface area (Å²) < 4.78 is 0. The largest absolute Gasteiger partial charge is 0.298 e. The monoisotopic (exact) mass is 468 g/mol. The van der Waals surface area contributed by atoms with Gasteiger partial charge < -0.3 is 0 Å². The molecule has 2 spiro atoms. The normalized spacial score (nSPS) is 45.4. The molecular formula is C33H56O. The molecule has 34 heavy (non-hydrogen) atoms. The second-order valence-electron chi connectivity index (χ2n) is 14.2. The minimum atomic E-state index is 0.139. The molecule has 0 aromatic rings. The first-order chi connectivity index (χ1) is 16.6. The summed E-state index contributed by atoms with van der Waals surface area (Å²) >= 11 is 0. The lowest BCUT2D eigenvalue weighted by molar-refractivity contribution is -0.170. The Morgan fingerprint density at radius 1 is 0.588 bits per heavy atom. The van der Waals surface area contributed by atoms with Gasteiger partial charge in [-0.3, -0.25) is 4.79 Å². The maximum absolute atomic E-state index is 13.7. The summed E-state index contributed by atoms with van der Waals surface area (Å²) in [6, 6.07) is 0. The molecule has 5 aliphatic rings. The van der Waals surface area contributed by atoms with Gasteiger partial charge in [-0.2, -0.15) is 0 Å². The summed E-state index contributed by atoms with van der Waals surface area (Å²) in [5.74, 6) is 6.66. The first-order valence-corrected chi connectivity index (χ1v) is 16.1. The van der Waals surface area contributed by atoms with E-state index < -0.39 is 0 Å².